The first-order valence-electron chi connectivity index (χ1n) is 3.97. The molecule has 4 heteroatoms. The Hall–Kier alpha value is -1.08. The first-order valence-corrected chi connectivity index (χ1v) is 3.97. The van der Waals surface area contributed by atoms with Gasteiger partial charge in [-0.3, -0.25) is 9.69 Å². The zero-order valence-corrected chi connectivity index (χ0v) is 7.58. The fourth-order valence-electron chi connectivity index (χ4n) is 0.914. The number of nitrogens with two attached hydrogens (primary N) is 1. The van der Waals surface area contributed by atoms with Gasteiger partial charge in [-0.25, -0.2) is 0 Å². The molecule has 4 nitrogen and oxygen atoms in total. The zero-order chi connectivity index (χ0) is 9.56. The van der Waals surface area contributed by atoms with Crippen LogP contribution in [0.15, 0.2) is 0 Å². The lowest BCUT2D eigenvalue weighted by molar-refractivity contribution is -0.119. The zero-order valence-electron chi connectivity index (χ0n) is 7.58. The molecule has 2 N–H and O–H groups in total. The average molecular weight is 169 g/mol. The van der Waals surface area contributed by atoms with Crippen LogP contribution in [-0.4, -0.2) is 29.9 Å². The van der Waals surface area contributed by atoms with Gasteiger partial charge in [0.25, 0.3) is 0 Å². The number of nitrogens with zero attached hydrogens (tertiary/aromatic N) is 2. The molecule has 0 radical (unpaired) electrons. The lowest BCUT2D eigenvalue weighted by Crippen LogP contribution is -2.38. The molecule has 0 unspecified atom stereocenters. The summed E-state index contributed by atoms with van der Waals surface area (Å²) in [6, 6.07) is 2.29. The van der Waals surface area contributed by atoms with Crippen molar-refractivity contribution in [3.63, 3.8) is 0 Å². The largest absolute Gasteiger partial charge is 0.369 e. The van der Waals surface area contributed by atoms with Gasteiger partial charge in [0.05, 0.1) is 12.6 Å². The highest BCUT2D eigenvalue weighted by molar-refractivity contribution is 5.75. The van der Waals surface area contributed by atoms with Crippen molar-refractivity contribution in [3.05, 3.63) is 0 Å². The Balaban J connectivity index is 3.88. The van der Waals surface area contributed by atoms with Gasteiger partial charge < -0.3 is 5.73 Å². The normalized spacial score (nSPS) is 10.2. The Bertz CT molecular complexity index is 183. The monoisotopic (exact) mass is 169 g/mol. The molecule has 0 atom stereocenters. The summed E-state index contributed by atoms with van der Waals surface area (Å²) in [5.74, 6) is -0.346. The van der Waals surface area contributed by atoms with E-state index in [0.717, 1.165) is 0 Å². The molecule has 0 aromatic rings. The number of hydrogen-bond acceptors (Lipinski definition) is 3. The van der Waals surface area contributed by atoms with Crippen LogP contribution in [0.2, 0.25) is 0 Å². The Morgan fingerprint density at radius 3 is 2.58 bits per heavy atom. The van der Waals surface area contributed by atoms with Crippen LogP contribution in [-0.2, 0) is 4.79 Å². The van der Waals surface area contributed by atoms with Crippen LogP contribution in [0.4, 0.5) is 0 Å². The Kier molecular flexibility index (Phi) is 5.06. The summed E-state index contributed by atoms with van der Waals surface area (Å²) >= 11 is 0. The van der Waals surface area contributed by atoms with Gasteiger partial charge in [0.15, 0.2) is 0 Å². The van der Waals surface area contributed by atoms with Crippen molar-refractivity contribution in [2.75, 3.05) is 13.1 Å². The highest BCUT2D eigenvalue weighted by Gasteiger charge is 2.10. The number of carbonyl (C=O) groups is 1. The number of primary amides is 1. The fraction of sp³-hybridized carbons (Fsp3) is 0.750. The number of amides is 1. The van der Waals surface area contributed by atoms with Gasteiger partial charge in [0.2, 0.25) is 5.91 Å². The van der Waals surface area contributed by atoms with Crippen LogP contribution in [0.5, 0.6) is 0 Å². The van der Waals surface area contributed by atoms with E-state index in [1.807, 2.05) is 24.8 Å². The van der Waals surface area contributed by atoms with Crippen molar-refractivity contribution < 1.29 is 4.79 Å². The van der Waals surface area contributed by atoms with E-state index in [2.05, 4.69) is 0 Å². The molecule has 68 valence electrons. The summed E-state index contributed by atoms with van der Waals surface area (Å²) in [7, 11) is 0. The summed E-state index contributed by atoms with van der Waals surface area (Å²) in [5.41, 5.74) is 5.04. The lowest BCUT2D eigenvalue weighted by Gasteiger charge is -2.23. The molecule has 0 rings (SSSR count). The average Bonchev–Trinajstić information content (AvgIpc) is 1.96. The van der Waals surface area contributed by atoms with Crippen molar-refractivity contribution in [2.24, 2.45) is 5.73 Å². The van der Waals surface area contributed by atoms with E-state index in [4.69, 9.17) is 11.0 Å². The second-order valence-corrected chi connectivity index (χ2v) is 2.94. The van der Waals surface area contributed by atoms with Gasteiger partial charge in [-0.05, 0) is 13.8 Å². The predicted octanol–water partition coefficient (Wildman–Crippen LogP) is 0.0958. The van der Waals surface area contributed by atoms with Crippen LogP contribution >= 0.6 is 0 Å². The SMILES string of the molecule is CC(C)N(CCC#N)CC(N)=O. The third-order valence-electron chi connectivity index (χ3n) is 1.60. The summed E-state index contributed by atoms with van der Waals surface area (Å²) in [6.45, 7) is 4.79. The molecule has 1 amide bonds. The molecule has 0 heterocycles. The molecule has 0 spiro atoms. The van der Waals surface area contributed by atoms with Gasteiger partial charge >= 0.3 is 0 Å². The third kappa shape index (κ3) is 4.69. The van der Waals surface area contributed by atoms with Crippen molar-refractivity contribution in [1.29, 1.82) is 5.26 Å². The minimum Gasteiger partial charge on any atom is -0.369 e. The highest BCUT2D eigenvalue weighted by Crippen LogP contribution is 1.97. The maximum atomic E-state index is 10.6. The van der Waals surface area contributed by atoms with E-state index in [-0.39, 0.29) is 18.5 Å². The van der Waals surface area contributed by atoms with E-state index in [1.54, 1.807) is 0 Å². The molecule has 12 heavy (non-hydrogen) atoms. The summed E-state index contributed by atoms with van der Waals surface area (Å²) in [5, 5.41) is 8.34. The molecule has 0 aromatic carbocycles. The molecular formula is C8H15N3O. The second kappa shape index (κ2) is 5.56. The molecule has 0 aromatic heterocycles. The van der Waals surface area contributed by atoms with Crippen molar-refractivity contribution >= 4 is 5.91 Å². The van der Waals surface area contributed by atoms with Gasteiger partial charge in [-0.15, -0.1) is 0 Å². The quantitative estimate of drug-likeness (QED) is 0.634. The van der Waals surface area contributed by atoms with Crippen molar-refractivity contribution in [3.8, 4) is 6.07 Å². The van der Waals surface area contributed by atoms with E-state index >= 15 is 0 Å². The van der Waals surface area contributed by atoms with Crippen LogP contribution < -0.4 is 5.73 Å². The third-order valence-corrected chi connectivity index (χ3v) is 1.60. The smallest absolute Gasteiger partial charge is 0.231 e. The molecule has 0 fully saturated rings. The van der Waals surface area contributed by atoms with E-state index in [1.165, 1.54) is 0 Å². The Morgan fingerprint density at radius 2 is 2.25 bits per heavy atom. The Labute approximate surface area is 72.9 Å². The van der Waals surface area contributed by atoms with Gasteiger partial charge in [-0.1, -0.05) is 0 Å². The molecule has 0 saturated heterocycles. The van der Waals surface area contributed by atoms with Gasteiger partial charge in [0, 0.05) is 19.0 Å². The number of hydrogen-bond donors (Lipinski definition) is 1. The van der Waals surface area contributed by atoms with Crippen molar-refractivity contribution in [2.45, 2.75) is 26.3 Å². The predicted molar refractivity (Wildman–Crippen MR) is 46.1 cm³/mol. The standard InChI is InChI=1S/C8H15N3O/c1-7(2)11(5-3-4-9)6-8(10)12/h7H,3,5-6H2,1-2H3,(H2,10,12). The van der Waals surface area contributed by atoms with Crippen LogP contribution in [0.1, 0.15) is 20.3 Å². The van der Waals surface area contributed by atoms with E-state index < -0.39 is 0 Å². The lowest BCUT2D eigenvalue weighted by atomic mass is 10.3. The topological polar surface area (TPSA) is 70.1 Å². The number of carbonyl (C=O) groups excluding carboxylic acids is 1. The fourth-order valence-corrected chi connectivity index (χ4v) is 0.914. The minimum absolute atomic E-state index is 0.235. The minimum atomic E-state index is -0.346. The first kappa shape index (κ1) is 10.9. The highest BCUT2D eigenvalue weighted by atomic mass is 16.1. The van der Waals surface area contributed by atoms with Crippen molar-refractivity contribution in [1.82, 2.24) is 4.90 Å². The molecule has 0 aliphatic rings. The van der Waals surface area contributed by atoms with Crippen LogP contribution in [0.25, 0.3) is 0 Å². The summed E-state index contributed by atoms with van der Waals surface area (Å²) in [4.78, 5) is 12.5. The Morgan fingerprint density at radius 1 is 1.67 bits per heavy atom. The number of nitriles is 1. The molecule has 0 saturated carbocycles. The van der Waals surface area contributed by atoms with Crippen LogP contribution in [0.3, 0.4) is 0 Å². The number of rotatable bonds is 5. The maximum Gasteiger partial charge on any atom is 0.231 e. The van der Waals surface area contributed by atoms with Gasteiger partial charge in [0.1, 0.15) is 0 Å². The van der Waals surface area contributed by atoms with E-state index in [9.17, 15) is 4.79 Å². The molecule has 0 aliphatic carbocycles. The first-order chi connectivity index (χ1) is 5.57. The molecule has 0 aliphatic heterocycles. The van der Waals surface area contributed by atoms with Crippen LogP contribution in [0, 0.1) is 11.3 Å². The summed E-state index contributed by atoms with van der Waals surface area (Å²) in [6.07, 6.45) is 0.436. The molecular weight excluding hydrogens is 154 g/mol. The van der Waals surface area contributed by atoms with Gasteiger partial charge in [-0.2, -0.15) is 5.26 Å². The van der Waals surface area contributed by atoms with E-state index in [0.29, 0.717) is 13.0 Å². The maximum absolute atomic E-state index is 10.6. The molecule has 0 bridgehead atoms. The second-order valence-electron chi connectivity index (χ2n) is 2.94. The summed E-state index contributed by atoms with van der Waals surface area (Å²) < 4.78 is 0.